The van der Waals surface area contributed by atoms with Gasteiger partial charge in [-0.25, -0.2) is 4.98 Å². The zero-order chi connectivity index (χ0) is 11.5. The average Bonchev–Trinajstić information content (AvgIpc) is 2.19. The minimum Gasteiger partial charge on any atom is -0.393 e. The molecule has 0 spiro atoms. The van der Waals surface area contributed by atoms with Crippen molar-refractivity contribution in [1.29, 1.82) is 0 Å². The molecule has 0 aromatic carbocycles. The first-order valence-electron chi connectivity index (χ1n) is 5.60. The van der Waals surface area contributed by atoms with Crippen molar-refractivity contribution in [3.63, 3.8) is 0 Å². The minimum atomic E-state index is -0.0596. The van der Waals surface area contributed by atoms with Crippen LogP contribution in [-0.2, 0) is 6.54 Å². The van der Waals surface area contributed by atoms with Crippen LogP contribution in [0.2, 0.25) is 5.15 Å². The average molecular weight is 241 g/mol. The van der Waals surface area contributed by atoms with Gasteiger partial charge in [-0.3, -0.25) is 0 Å². The maximum atomic E-state index is 9.21. The number of rotatable bonds is 4. The Morgan fingerprint density at radius 1 is 1.50 bits per heavy atom. The van der Waals surface area contributed by atoms with Gasteiger partial charge < -0.3 is 10.0 Å². The van der Waals surface area contributed by atoms with E-state index in [0.717, 1.165) is 25.9 Å². The monoisotopic (exact) mass is 240 g/mol. The summed E-state index contributed by atoms with van der Waals surface area (Å²) in [6, 6.07) is 3.82. The number of hydrogen-bond acceptors (Lipinski definition) is 3. The van der Waals surface area contributed by atoms with Gasteiger partial charge in [0.1, 0.15) is 5.15 Å². The van der Waals surface area contributed by atoms with Gasteiger partial charge in [0.15, 0.2) is 0 Å². The van der Waals surface area contributed by atoms with Crippen LogP contribution >= 0.6 is 11.6 Å². The van der Waals surface area contributed by atoms with Gasteiger partial charge in [0.05, 0.1) is 6.10 Å². The van der Waals surface area contributed by atoms with E-state index in [4.69, 9.17) is 11.6 Å². The molecule has 1 aromatic rings. The van der Waals surface area contributed by atoms with Crippen LogP contribution < -0.4 is 0 Å². The Morgan fingerprint density at radius 2 is 2.25 bits per heavy atom. The van der Waals surface area contributed by atoms with Crippen LogP contribution in [0, 0.1) is 5.92 Å². The Labute approximate surface area is 101 Å². The maximum Gasteiger partial charge on any atom is 0.129 e. The number of pyridine rings is 1. The summed E-state index contributed by atoms with van der Waals surface area (Å²) >= 11 is 5.73. The van der Waals surface area contributed by atoms with Crippen molar-refractivity contribution in [2.24, 2.45) is 5.92 Å². The topological polar surface area (TPSA) is 36.4 Å². The molecule has 2 rings (SSSR count). The summed E-state index contributed by atoms with van der Waals surface area (Å²) < 4.78 is 0. The third-order valence-electron chi connectivity index (χ3n) is 3.02. The normalized spacial score (nSPS) is 24.5. The van der Waals surface area contributed by atoms with Gasteiger partial charge in [-0.15, -0.1) is 0 Å². The molecule has 1 aromatic heterocycles. The second-order valence-electron chi connectivity index (χ2n) is 4.68. The Morgan fingerprint density at radius 3 is 2.81 bits per heavy atom. The molecule has 1 N–H and O–H groups in total. The molecule has 0 saturated heterocycles. The van der Waals surface area contributed by atoms with E-state index in [9.17, 15) is 5.11 Å². The van der Waals surface area contributed by atoms with E-state index in [1.54, 1.807) is 0 Å². The number of hydrogen-bond donors (Lipinski definition) is 1. The summed E-state index contributed by atoms with van der Waals surface area (Å²) in [4.78, 5) is 6.32. The molecule has 0 amide bonds. The summed E-state index contributed by atoms with van der Waals surface area (Å²) in [6.07, 6.45) is 3.65. The number of aromatic nitrogens is 1. The fourth-order valence-electron chi connectivity index (χ4n) is 2.17. The molecule has 1 saturated carbocycles. The largest absolute Gasteiger partial charge is 0.393 e. The second kappa shape index (κ2) is 5.13. The van der Waals surface area contributed by atoms with Crippen molar-refractivity contribution in [2.45, 2.75) is 25.5 Å². The lowest BCUT2D eigenvalue weighted by molar-refractivity contribution is 0.0274. The van der Waals surface area contributed by atoms with Crippen molar-refractivity contribution in [2.75, 3.05) is 13.6 Å². The molecule has 4 heteroatoms. The van der Waals surface area contributed by atoms with Crippen LogP contribution in [0.5, 0.6) is 0 Å². The Kier molecular flexibility index (Phi) is 3.79. The van der Waals surface area contributed by atoms with E-state index >= 15 is 0 Å². The van der Waals surface area contributed by atoms with Crippen molar-refractivity contribution in [3.05, 3.63) is 29.0 Å². The molecule has 0 atom stereocenters. The van der Waals surface area contributed by atoms with Crippen molar-refractivity contribution >= 4 is 11.6 Å². The highest BCUT2D eigenvalue weighted by molar-refractivity contribution is 6.29. The molecule has 1 heterocycles. The van der Waals surface area contributed by atoms with Crippen molar-refractivity contribution in [3.8, 4) is 0 Å². The van der Waals surface area contributed by atoms with E-state index in [1.165, 1.54) is 5.56 Å². The summed E-state index contributed by atoms with van der Waals surface area (Å²) in [6.45, 7) is 1.93. The quantitative estimate of drug-likeness (QED) is 0.818. The molecular weight excluding hydrogens is 224 g/mol. The third-order valence-corrected chi connectivity index (χ3v) is 3.25. The van der Waals surface area contributed by atoms with Crippen molar-refractivity contribution < 1.29 is 5.11 Å². The van der Waals surface area contributed by atoms with E-state index in [0.29, 0.717) is 11.1 Å². The highest BCUT2D eigenvalue weighted by atomic mass is 35.5. The molecule has 0 bridgehead atoms. The van der Waals surface area contributed by atoms with E-state index in [2.05, 4.69) is 16.9 Å². The van der Waals surface area contributed by atoms with E-state index < -0.39 is 0 Å². The first-order chi connectivity index (χ1) is 7.63. The lowest BCUT2D eigenvalue weighted by Crippen LogP contribution is -2.36. The predicted molar refractivity (Wildman–Crippen MR) is 64.3 cm³/mol. The Bertz CT molecular complexity index is 335. The molecule has 88 valence electrons. The zero-order valence-corrected chi connectivity index (χ0v) is 10.2. The number of nitrogens with zero attached hydrogens (tertiary/aromatic N) is 2. The molecule has 3 nitrogen and oxygen atoms in total. The molecule has 0 aliphatic heterocycles. The van der Waals surface area contributed by atoms with Crippen LogP contribution in [0.1, 0.15) is 18.4 Å². The van der Waals surface area contributed by atoms with Gasteiger partial charge >= 0.3 is 0 Å². The number of halogens is 1. The van der Waals surface area contributed by atoms with Gasteiger partial charge in [0, 0.05) is 19.3 Å². The fraction of sp³-hybridized carbons (Fsp3) is 0.583. The second-order valence-corrected chi connectivity index (χ2v) is 5.06. The lowest BCUT2D eigenvalue weighted by Gasteiger charge is -2.34. The first kappa shape index (κ1) is 11.8. The van der Waals surface area contributed by atoms with Gasteiger partial charge in [0.2, 0.25) is 0 Å². The maximum absolute atomic E-state index is 9.21. The lowest BCUT2D eigenvalue weighted by atomic mass is 9.82. The van der Waals surface area contributed by atoms with Crippen LogP contribution in [0.15, 0.2) is 18.3 Å². The van der Waals surface area contributed by atoms with Crippen molar-refractivity contribution in [1.82, 2.24) is 9.88 Å². The van der Waals surface area contributed by atoms with Crippen LogP contribution in [0.4, 0.5) is 0 Å². The summed E-state index contributed by atoms with van der Waals surface area (Å²) in [5.41, 5.74) is 1.17. The standard InChI is InChI=1S/C12H17ClN2O/c1-15(8-10-4-11(16)5-10)7-9-2-3-12(13)14-6-9/h2-3,6,10-11,16H,4-5,7-8H2,1H3. The summed E-state index contributed by atoms with van der Waals surface area (Å²) in [7, 11) is 2.10. The SMILES string of the molecule is CN(Cc1ccc(Cl)nc1)CC1CC(O)C1. The van der Waals surface area contributed by atoms with Gasteiger partial charge in [-0.1, -0.05) is 17.7 Å². The Balaban J connectivity index is 1.78. The first-order valence-corrected chi connectivity index (χ1v) is 5.98. The minimum absolute atomic E-state index is 0.0596. The summed E-state index contributed by atoms with van der Waals surface area (Å²) in [5, 5.41) is 9.74. The molecule has 0 unspecified atom stereocenters. The molecule has 1 aliphatic carbocycles. The third kappa shape index (κ3) is 3.17. The zero-order valence-electron chi connectivity index (χ0n) is 9.43. The molecular formula is C12H17ClN2O. The molecule has 1 fully saturated rings. The number of aliphatic hydroxyl groups is 1. The van der Waals surface area contributed by atoms with Crippen LogP contribution in [-0.4, -0.2) is 34.7 Å². The van der Waals surface area contributed by atoms with E-state index in [-0.39, 0.29) is 6.10 Å². The smallest absolute Gasteiger partial charge is 0.129 e. The predicted octanol–water partition coefficient (Wildman–Crippen LogP) is 1.94. The van der Waals surface area contributed by atoms with Gasteiger partial charge in [-0.2, -0.15) is 0 Å². The Hall–Kier alpha value is -0.640. The highest BCUT2D eigenvalue weighted by Crippen LogP contribution is 2.27. The fourth-order valence-corrected chi connectivity index (χ4v) is 2.28. The summed E-state index contributed by atoms with van der Waals surface area (Å²) in [5.74, 6) is 0.653. The molecule has 1 aliphatic rings. The highest BCUT2D eigenvalue weighted by Gasteiger charge is 2.27. The van der Waals surface area contributed by atoms with Gasteiger partial charge in [0.25, 0.3) is 0 Å². The van der Waals surface area contributed by atoms with Gasteiger partial charge in [-0.05, 0) is 37.4 Å². The number of aliphatic hydroxyl groups excluding tert-OH is 1. The van der Waals surface area contributed by atoms with Crippen LogP contribution in [0.3, 0.4) is 0 Å². The molecule has 16 heavy (non-hydrogen) atoms. The van der Waals surface area contributed by atoms with E-state index in [1.807, 2.05) is 18.3 Å². The van der Waals surface area contributed by atoms with Crippen LogP contribution in [0.25, 0.3) is 0 Å². The molecule has 0 radical (unpaired) electrons.